The number of rotatable bonds is 7. The lowest BCUT2D eigenvalue weighted by Gasteiger charge is -2.23. The minimum absolute atomic E-state index is 0.115. The van der Waals surface area contributed by atoms with Crippen LogP contribution in [0.3, 0.4) is 0 Å². The summed E-state index contributed by atoms with van der Waals surface area (Å²) in [5.74, 6) is 6.05. The number of carbonyl (C=O) groups excluding carboxylic acids is 2. The number of nitrogens with zero attached hydrogens (tertiary/aromatic N) is 3. The Bertz CT molecular complexity index is 1320. The maximum atomic E-state index is 12.8. The first-order valence-electron chi connectivity index (χ1n) is 11.8. The second-order valence-corrected chi connectivity index (χ2v) is 8.63. The van der Waals surface area contributed by atoms with Gasteiger partial charge in [0.15, 0.2) is 0 Å². The Kier molecular flexibility index (Phi) is 8.29. The molecule has 0 aliphatic carbocycles. The van der Waals surface area contributed by atoms with Gasteiger partial charge >= 0.3 is 0 Å². The van der Waals surface area contributed by atoms with Crippen molar-refractivity contribution in [1.82, 2.24) is 15.1 Å². The van der Waals surface area contributed by atoms with Gasteiger partial charge in [-0.1, -0.05) is 56.3 Å². The fourth-order valence-electron chi connectivity index (χ4n) is 3.92. The second-order valence-electron chi connectivity index (χ2n) is 8.63. The fraction of sp³-hybridized carbons (Fsp3) is 0.233. The number of aryl methyl sites for hydroxylation is 1. The molecule has 0 fully saturated rings. The first kappa shape index (κ1) is 26.2. The number of aliphatic imine (C=N–C) groups is 1. The van der Waals surface area contributed by atoms with Crippen molar-refractivity contribution in [3.05, 3.63) is 95.3 Å². The molecule has 1 aliphatic rings. The molecule has 1 heterocycles. The molecule has 1 aliphatic heterocycles. The van der Waals surface area contributed by atoms with Crippen LogP contribution in [0.1, 0.15) is 57.7 Å². The van der Waals surface area contributed by atoms with E-state index in [1.165, 1.54) is 4.90 Å². The standard InChI is InChI=1S/C30H32N4O2/c1-8-10-13-21(4)31-23(6)32-28-22(5)20(3)16-17-25(28)24(9-2)18-33(7)19-34-29(35)26-14-11-12-15-27(26)30(34)36/h9,11-12,14-18H,2,4,8,19H2,1,3,5-7H3,(H,31,32)/b24-18+. The summed E-state index contributed by atoms with van der Waals surface area (Å²) in [4.78, 5) is 33.4. The van der Waals surface area contributed by atoms with Gasteiger partial charge in [0.2, 0.25) is 0 Å². The van der Waals surface area contributed by atoms with E-state index in [0.717, 1.165) is 34.4 Å². The highest BCUT2D eigenvalue weighted by atomic mass is 16.2. The quantitative estimate of drug-likeness (QED) is 0.185. The first-order valence-corrected chi connectivity index (χ1v) is 11.8. The summed E-state index contributed by atoms with van der Waals surface area (Å²) in [6.07, 6.45) is 4.37. The molecule has 2 aromatic carbocycles. The van der Waals surface area contributed by atoms with Crippen LogP contribution in [-0.4, -0.2) is 41.2 Å². The Balaban J connectivity index is 1.91. The molecule has 0 radical (unpaired) electrons. The van der Waals surface area contributed by atoms with E-state index in [1.807, 2.05) is 53.1 Å². The van der Waals surface area contributed by atoms with Gasteiger partial charge in [-0.25, -0.2) is 4.99 Å². The third-order valence-corrected chi connectivity index (χ3v) is 5.86. The molecule has 0 spiro atoms. The molecule has 0 atom stereocenters. The lowest BCUT2D eigenvalue weighted by atomic mass is 9.98. The van der Waals surface area contributed by atoms with Crippen LogP contribution in [-0.2, 0) is 0 Å². The Labute approximate surface area is 213 Å². The Morgan fingerprint density at radius 2 is 1.78 bits per heavy atom. The zero-order chi connectivity index (χ0) is 26.4. The molecule has 6 nitrogen and oxygen atoms in total. The Morgan fingerprint density at radius 1 is 1.14 bits per heavy atom. The smallest absolute Gasteiger partial charge is 0.263 e. The zero-order valence-electron chi connectivity index (χ0n) is 21.6. The minimum Gasteiger partial charge on any atom is -0.362 e. The summed E-state index contributed by atoms with van der Waals surface area (Å²) in [5.41, 5.74) is 6.10. The summed E-state index contributed by atoms with van der Waals surface area (Å²) < 4.78 is 0. The highest BCUT2D eigenvalue weighted by Gasteiger charge is 2.35. The number of amidine groups is 1. The number of nitrogens with one attached hydrogen (secondary N) is 1. The SMILES string of the molecule is C=C/C(=C\N(C)CN1C(=O)c2ccccc2C1=O)c1ccc(C)c(C)c1/N=C(\C)NC(=C)C#CCC. The number of amides is 2. The molecule has 36 heavy (non-hydrogen) atoms. The number of hydrogen-bond donors (Lipinski definition) is 1. The van der Waals surface area contributed by atoms with E-state index in [2.05, 4.69) is 30.3 Å². The first-order chi connectivity index (χ1) is 17.2. The van der Waals surface area contributed by atoms with Gasteiger partial charge in [-0.05, 0) is 55.5 Å². The molecule has 3 rings (SSSR count). The van der Waals surface area contributed by atoms with Crippen LogP contribution < -0.4 is 5.32 Å². The van der Waals surface area contributed by atoms with Crippen LogP contribution in [0, 0.1) is 25.7 Å². The average molecular weight is 481 g/mol. The van der Waals surface area contributed by atoms with Crippen LogP contribution >= 0.6 is 0 Å². The van der Waals surface area contributed by atoms with Crippen molar-refractivity contribution in [3.8, 4) is 11.8 Å². The van der Waals surface area contributed by atoms with Gasteiger partial charge in [-0.2, -0.15) is 0 Å². The maximum absolute atomic E-state index is 12.8. The van der Waals surface area contributed by atoms with Gasteiger partial charge in [-0.3, -0.25) is 14.5 Å². The molecule has 0 unspecified atom stereocenters. The van der Waals surface area contributed by atoms with Crippen LogP contribution in [0.5, 0.6) is 0 Å². The van der Waals surface area contributed by atoms with E-state index >= 15 is 0 Å². The third-order valence-electron chi connectivity index (χ3n) is 5.86. The zero-order valence-corrected chi connectivity index (χ0v) is 21.6. The molecule has 0 saturated carbocycles. The molecule has 6 heteroatoms. The molecule has 0 bridgehead atoms. The summed E-state index contributed by atoms with van der Waals surface area (Å²) in [7, 11) is 1.82. The number of hydrogen-bond acceptors (Lipinski definition) is 4. The monoisotopic (exact) mass is 480 g/mol. The molecule has 0 saturated heterocycles. The van der Waals surface area contributed by atoms with Crippen molar-refractivity contribution in [2.24, 2.45) is 4.99 Å². The predicted molar refractivity (Wildman–Crippen MR) is 147 cm³/mol. The van der Waals surface area contributed by atoms with Gasteiger partial charge in [0, 0.05) is 25.2 Å². The summed E-state index contributed by atoms with van der Waals surface area (Å²) in [6.45, 7) is 16.0. The van der Waals surface area contributed by atoms with Gasteiger partial charge in [0.25, 0.3) is 11.8 Å². The van der Waals surface area contributed by atoms with Gasteiger partial charge in [0.05, 0.1) is 22.5 Å². The number of imide groups is 1. The Hall–Kier alpha value is -4.37. The lowest BCUT2D eigenvalue weighted by molar-refractivity contribution is 0.0596. The molecule has 1 N–H and O–H groups in total. The topological polar surface area (TPSA) is 65.0 Å². The van der Waals surface area contributed by atoms with E-state index in [9.17, 15) is 9.59 Å². The summed E-state index contributed by atoms with van der Waals surface area (Å²) >= 11 is 0. The van der Waals surface area contributed by atoms with Crippen molar-refractivity contribution >= 4 is 28.9 Å². The number of fused-ring (bicyclic) bond motifs is 1. The van der Waals surface area contributed by atoms with E-state index in [1.54, 1.807) is 35.2 Å². The highest BCUT2D eigenvalue weighted by molar-refractivity contribution is 6.21. The fourth-order valence-corrected chi connectivity index (χ4v) is 3.92. The van der Waals surface area contributed by atoms with Gasteiger partial charge < -0.3 is 10.2 Å². The van der Waals surface area contributed by atoms with E-state index in [-0.39, 0.29) is 18.5 Å². The molecule has 2 amide bonds. The van der Waals surface area contributed by atoms with Crippen LogP contribution in [0.15, 0.2) is 72.5 Å². The molecule has 2 aromatic rings. The average Bonchev–Trinajstić information content (AvgIpc) is 3.09. The lowest BCUT2D eigenvalue weighted by Crippen LogP contribution is -2.37. The maximum Gasteiger partial charge on any atom is 0.263 e. The number of benzene rings is 2. The van der Waals surface area contributed by atoms with E-state index in [0.29, 0.717) is 22.7 Å². The summed E-state index contributed by atoms with van der Waals surface area (Å²) in [5, 5.41) is 3.15. The third kappa shape index (κ3) is 5.64. The second kappa shape index (κ2) is 11.4. The van der Waals surface area contributed by atoms with Gasteiger partial charge in [-0.15, -0.1) is 0 Å². The number of allylic oxidation sites excluding steroid dienone is 3. The normalized spacial score (nSPS) is 13.2. The van der Waals surface area contributed by atoms with E-state index < -0.39 is 0 Å². The van der Waals surface area contributed by atoms with Crippen molar-refractivity contribution in [2.75, 3.05) is 13.7 Å². The van der Waals surface area contributed by atoms with Crippen molar-refractivity contribution < 1.29 is 9.59 Å². The minimum atomic E-state index is -0.291. The predicted octanol–water partition coefficient (Wildman–Crippen LogP) is 5.58. The summed E-state index contributed by atoms with van der Waals surface area (Å²) in [6, 6.07) is 10.9. The van der Waals surface area contributed by atoms with Crippen LogP contribution in [0.2, 0.25) is 0 Å². The van der Waals surface area contributed by atoms with Crippen molar-refractivity contribution in [3.63, 3.8) is 0 Å². The van der Waals surface area contributed by atoms with Crippen molar-refractivity contribution in [2.45, 2.75) is 34.1 Å². The van der Waals surface area contributed by atoms with Crippen molar-refractivity contribution in [1.29, 1.82) is 0 Å². The largest absolute Gasteiger partial charge is 0.362 e. The highest BCUT2D eigenvalue weighted by Crippen LogP contribution is 2.33. The molecule has 184 valence electrons. The molecular formula is C30H32N4O2. The van der Waals surface area contributed by atoms with Crippen LogP contribution in [0.4, 0.5) is 5.69 Å². The van der Waals surface area contributed by atoms with E-state index in [4.69, 9.17) is 4.99 Å². The Morgan fingerprint density at radius 3 is 2.36 bits per heavy atom. The molecule has 0 aromatic heterocycles. The van der Waals surface area contributed by atoms with Gasteiger partial charge in [0.1, 0.15) is 12.5 Å². The number of carbonyl (C=O) groups is 2. The van der Waals surface area contributed by atoms with Crippen LogP contribution in [0.25, 0.3) is 5.57 Å². The molecular weight excluding hydrogens is 448 g/mol.